The van der Waals surface area contributed by atoms with Crippen molar-refractivity contribution < 1.29 is 19.6 Å². The minimum atomic E-state index is -0.960. The molecule has 0 fully saturated rings. The number of anilines is 1. The van der Waals surface area contributed by atoms with Crippen LogP contribution in [0.2, 0.25) is 0 Å². The third-order valence-electron chi connectivity index (χ3n) is 3.30. The first-order valence-corrected chi connectivity index (χ1v) is 7.51. The highest BCUT2D eigenvalue weighted by molar-refractivity contribution is 5.75. The van der Waals surface area contributed by atoms with Crippen LogP contribution in [0.15, 0.2) is 18.2 Å². The third-order valence-corrected chi connectivity index (χ3v) is 3.30. The van der Waals surface area contributed by atoms with Crippen LogP contribution in [0.5, 0.6) is 0 Å². The van der Waals surface area contributed by atoms with E-state index in [2.05, 4.69) is 10.6 Å². The summed E-state index contributed by atoms with van der Waals surface area (Å²) in [6.07, 6.45) is 0.464. The zero-order chi connectivity index (χ0) is 18.1. The third kappa shape index (κ3) is 6.51. The van der Waals surface area contributed by atoms with Gasteiger partial charge in [0.25, 0.3) is 5.69 Å². The molecule has 0 aliphatic carbocycles. The molecule has 0 aliphatic rings. The molecule has 9 heteroatoms. The van der Waals surface area contributed by atoms with E-state index in [1.165, 1.54) is 18.0 Å². The summed E-state index contributed by atoms with van der Waals surface area (Å²) >= 11 is 0. The Morgan fingerprint density at radius 1 is 1.33 bits per heavy atom. The lowest BCUT2D eigenvalue weighted by atomic mass is 10.2. The Bertz CT molecular complexity index is 606. The number of benzene rings is 1. The van der Waals surface area contributed by atoms with Gasteiger partial charge in [0.2, 0.25) is 0 Å². The van der Waals surface area contributed by atoms with Gasteiger partial charge in [-0.1, -0.05) is 6.07 Å². The molecule has 0 saturated carbocycles. The first kappa shape index (κ1) is 19.2. The fraction of sp³-hybridized carbons (Fsp3) is 0.467. The average Bonchev–Trinajstić information content (AvgIpc) is 2.52. The van der Waals surface area contributed by atoms with Crippen molar-refractivity contribution in [1.29, 1.82) is 0 Å². The van der Waals surface area contributed by atoms with Gasteiger partial charge in [-0.25, -0.2) is 4.79 Å². The summed E-state index contributed by atoms with van der Waals surface area (Å²) < 4.78 is 0. The summed E-state index contributed by atoms with van der Waals surface area (Å²) in [6, 6.07) is 4.60. The smallest absolute Gasteiger partial charge is 0.317 e. The van der Waals surface area contributed by atoms with Gasteiger partial charge < -0.3 is 20.6 Å². The maximum Gasteiger partial charge on any atom is 0.317 e. The zero-order valence-electron chi connectivity index (χ0n) is 13.7. The van der Waals surface area contributed by atoms with Gasteiger partial charge in [0.1, 0.15) is 5.69 Å². The van der Waals surface area contributed by atoms with Gasteiger partial charge in [-0.15, -0.1) is 0 Å². The van der Waals surface area contributed by atoms with Crippen molar-refractivity contribution in [2.45, 2.75) is 19.8 Å². The number of carboxylic acid groups (broad SMARTS) is 1. The molecule has 0 bridgehead atoms. The fourth-order valence-corrected chi connectivity index (χ4v) is 1.95. The highest BCUT2D eigenvalue weighted by atomic mass is 16.6. The topological polar surface area (TPSA) is 125 Å². The molecule has 9 nitrogen and oxygen atoms in total. The van der Waals surface area contributed by atoms with Crippen LogP contribution < -0.4 is 10.6 Å². The van der Waals surface area contributed by atoms with Crippen LogP contribution in [0, 0.1) is 17.0 Å². The number of urea groups is 1. The maximum atomic E-state index is 11.7. The SMILES string of the molecule is Cc1ccc(NCCCNC(=O)N(C)CCC(=O)O)c([N+](=O)[O-])c1. The second-order valence-corrected chi connectivity index (χ2v) is 5.36. The molecular formula is C15H22N4O5. The van der Waals surface area contributed by atoms with Crippen LogP contribution in [-0.4, -0.2) is 53.6 Å². The van der Waals surface area contributed by atoms with Crippen LogP contribution in [0.4, 0.5) is 16.2 Å². The van der Waals surface area contributed by atoms with Crippen molar-refractivity contribution >= 4 is 23.4 Å². The predicted octanol–water partition coefficient (Wildman–Crippen LogP) is 1.82. The highest BCUT2D eigenvalue weighted by Gasteiger charge is 2.13. The van der Waals surface area contributed by atoms with Gasteiger partial charge in [-0.05, 0) is 25.0 Å². The number of carboxylic acids is 1. The van der Waals surface area contributed by atoms with Crippen LogP contribution >= 0.6 is 0 Å². The van der Waals surface area contributed by atoms with Gasteiger partial charge in [-0.3, -0.25) is 14.9 Å². The van der Waals surface area contributed by atoms with Gasteiger partial charge in [-0.2, -0.15) is 0 Å². The maximum absolute atomic E-state index is 11.7. The predicted molar refractivity (Wildman–Crippen MR) is 89.2 cm³/mol. The monoisotopic (exact) mass is 338 g/mol. The number of carbonyl (C=O) groups excluding carboxylic acids is 1. The second-order valence-electron chi connectivity index (χ2n) is 5.36. The zero-order valence-corrected chi connectivity index (χ0v) is 13.7. The summed E-state index contributed by atoms with van der Waals surface area (Å²) in [5.41, 5.74) is 1.27. The van der Waals surface area contributed by atoms with E-state index in [1.807, 2.05) is 0 Å². The minimum absolute atomic E-state index is 0.0208. The lowest BCUT2D eigenvalue weighted by molar-refractivity contribution is -0.384. The molecule has 1 aromatic rings. The molecule has 0 atom stereocenters. The molecule has 3 N–H and O–H groups in total. The Morgan fingerprint density at radius 2 is 2.04 bits per heavy atom. The van der Waals surface area contributed by atoms with E-state index in [4.69, 9.17) is 5.11 Å². The molecular weight excluding hydrogens is 316 g/mol. The first-order chi connectivity index (χ1) is 11.3. The van der Waals surface area contributed by atoms with Gasteiger partial charge in [0.05, 0.1) is 11.3 Å². The van der Waals surface area contributed by atoms with E-state index < -0.39 is 10.9 Å². The molecule has 0 heterocycles. The number of nitro groups is 1. The van der Waals surface area contributed by atoms with Gasteiger partial charge in [0.15, 0.2) is 0 Å². The highest BCUT2D eigenvalue weighted by Crippen LogP contribution is 2.24. The molecule has 132 valence electrons. The molecule has 0 radical (unpaired) electrons. The molecule has 1 aromatic carbocycles. The lowest BCUT2D eigenvalue weighted by Crippen LogP contribution is -2.39. The van der Waals surface area contributed by atoms with E-state index >= 15 is 0 Å². The Morgan fingerprint density at radius 3 is 2.67 bits per heavy atom. The summed E-state index contributed by atoms with van der Waals surface area (Å²) in [6.45, 7) is 2.76. The van der Waals surface area contributed by atoms with Crippen LogP contribution in [0.1, 0.15) is 18.4 Å². The Balaban J connectivity index is 2.33. The molecule has 0 unspecified atom stereocenters. The summed E-state index contributed by atoms with van der Waals surface area (Å²) in [5.74, 6) is -0.960. The van der Waals surface area contributed by atoms with E-state index in [0.29, 0.717) is 25.2 Å². The van der Waals surface area contributed by atoms with Crippen molar-refractivity contribution in [3.63, 3.8) is 0 Å². The Labute approximate surface area is 139 Å². The second kappa shape index (κ2) is 9.33. The Hall–Kier alpha value is -2.84. The van der Waals surface area contributed by atoms with Crippen molar-refractivity contribution in [3.05, 3.63) is 33.9 Å². The molecule has 0 saturated heterocycles. The molecule has 0 spiro atoms. The number of carbonyl (C=O) groups is 2. The fourth-order valence-electron chi connectivity index (χ4n) is 1.95. The standard InChI is InChI=1S/C15H22N4O5/c1-11-4-5-12(13(10-11)19(23)24)16-7-3-8-17-15(22)18(2)9-6-14(20)21/h4-5,10,16H,3,6-9H2,1-2H3,(H,17,22)(H,20,21). The summed E-state index contributed by atoms with van der Waals surface area (Å²) in [7, 11) is 1.52. The normalized spacial score (nSPS) is 10.1. The van der Waals surface area contributed by atoms with E-state index in [1.54, 1.807) is 19.1 Å². The quantitative estimate of drug-likeness (QED) is 0.358. The summed E-state index contributed by atoms with van der Waals surface area (Å²) in [5, 5.41) is 25.2. The molecule has 2 amide bonds. The van der Waals surface area contributed by atoms with Crippen LogP contribution in [0.25, 0.3) is 0 Å². The number of hydrogen-bond donors (Lipinski definition) is 3. The van der Waals surface area contributed by atoms with Crippen molar-refractivity contribution in [1.82, 2.24) is 10.2 Å². The number of nitrogens with one attached hydrogen (secondary N) is 2. The van der Waals surface area contributed by atoms with Crippen LogP contribution in [0.3, 0.4) is 0 Å². The van der Waals surface area contributed by atoms with Gasteiger partial charge >= 0.3 is 12.0 Å². The number of amides is 2. The number of nitro benzene ring substituents is 1. The number of hydrogen-bond acceptors (Lipinski definition) is 5. The number of nitrogens with zero attached hydrogens (tertiary/aromatic N) is 2. The largest absolute Gasteiger partial charge is 0.481 e. The van der Waals surface area contributed by atoms with Crippen LogP contribution in [-0.2, 0) is 4.79 Å². The number of aliphatic carboxylic acids is 1. The van der Waals surface area contributed by atoms with Crippen molar-refractivity contribution in [2.24, 2.45) is 0 Å². The number of rotatable bonds is 9. The lowest BCUT2D eigenvalue weighted by Gasteiger charge is -2.17. The van der Waals surface area contributed by atoms with E-state index in [0.717, 1.165) is 5.56 Å². The van der Waals surface area contributed by atoms with E-state index in [-0.39, 0.29) is 24.7 Å². The van der Waals surface area contributed by atoms with Gasteiger partial charge in [0, 0.05) is 32.7 Å². The minimum Gasteiger partial charge on any atom is -0.481 e. The van der Waals surface area contributed by atoms with Crippen molar-refractivity contribution in [3.8, 4) is 0 Å². The van der Waals surface area contributed by atoms with E-state index in [9.17, 15) is 19.7 Å². The molecule has 0 aliphatic heterocycles. The summed E-state index contributed by atoms with van der Waals surface area (Å²) in [4.78, 5) is 34.0. The Kier molecular flexibility index (Phi) is 7.47. The molecule has 0 aromatic heterocycles. The molecule has 24 heavy (non-hydrogen) atoms. The first-order valence-electron chi connectivity index (χ1n) is 7.51. The average molecular weight is 338 g/mol. The number of aryl methyl sites for hydroxylation is 1. The van der Waals surface area contributed by atoms with Crippen molar-refractivity contribution in [2.75, 3.05) is 32.0 Å². The molecule has 1 rings (SSSR count).